The number of piperidine rings is 1. The fraction of sp³-hybridized carbons (Fsp3) is 0.455. The average molecular weight is 332 g/mol. The summed E-state index contributed by atoms with van der Waals surface area (Å²) < 4.78 is 0.770. The normalized spacial score (nSPS) is 17.4. The molecule has 5 heteroatoms. The van der Waals surface area contributed by atoms with E-state index in [2.05, 4.69) is 27.5 Å². The largest absolute Gasteiger partial charge is 0.371 e. The Balaban J connectivity index is 2.07. The minimum atomic E-state index is -0.360. The zero-order chi connectivity index (χ0) is 11.5. The number of alkyl halides is 1. The molecule has 1 aliphatic rings. The Morgan fingerprint density at radius 3 is 2.31 bits per heavy atom. The van der Waals surface area contributed by atoms with Gasteiger partial charge in [-0.05, 0) is 25.0 Å². The van der Waals surface area contributed by atoms with Crippen molar-refractivity contribution in [1.82, 2.24) is 0 Å². The number of nitro groups is 1. The Bertz CT molecular complexity index is 372. The van der Waals surface area contributed by atoms with Gasteiger partial charge < -0.3 is 4.90 Å². The lowest BCUT2D eigenvalue weighted by molar-refractivity contribution is -0.384. The van der Waals surface area contributed by atoms with E-state index in [1.807, 2.05) is 12.1 Å². The van der Waals surface area contributed by atoms with Crippen LogP contribution in [-0.2, 0) is 0 Å². The Labute approximate surface area is 108 Å². The number of hydrogen-bond acceptors (Lipinski definition) is 3. The Morgan fingerprint density at radius 2 is 1.81 bits per heavy atom. The number of nitro benzene ring substituents is 1. The van der Waals surface area contributed by atoms with Crippen molar-refractivity contribution in [3.05, 3.63) is 34.4 Å². The summed E-state index contributed by atoms with van der Waals surface area (Å²) in [5.41, 5.74) is 1.25. The van der Waals surface area contributed by atoms with Gasteiger partial charge >= 0.3 is 0 Å². The lowest BCUT2D eigenvalue weighted by atomic mass is 10.1. The lowest BCUT2D eigenvalue weighted by Gasteiger charge is -2.31. The summed E-state index contributed by atoms with van der Waals surface area (Å²) in [5.74, 6) is 0. The molecule has 0 unspecified atom stereocenters. The van der Waals surface area contributed by atoms with Gasteiger partial charge in [-0.2, -0.15) is 0 Å². The highest BCUT2D eigenvalue weighted by Crippen LogP contribution is 2.25. The van der Waals surface area contributed by atoms with E-state index in [0.29, 0.717) is 0 Å². The third-order valence-electron chi connectivity index (χ3n) is 2.85. The van der Waals surface area contributed by atoms with E-state index < -0.39 is 0 Å². The predicted molar refractivity (Wildman–Crippen MR) is 72.4 cm³/mol. The van der Waals surface area contributed by atoms with Crippen molar-refractivity contribution < 1.29 is 4.92 Å². The molecular weight excluding hydrogens is 319 g/mol. The number of nitrogens with zero attached hydrogens (tertiary/aromatic N) is 2. The molecule has 0 spiro atoms. The summed E-state index contributed by atoms with van der Waals surface area (Å²) in [4.78, 5) is 12.5. The van der Waals surface area contributed by atoms with Crippen LogP contribution in [0.25, 0.3) is 0 Å². The van der Waals surface area contributed by atoms with Crippen LogP contribution in [0.15, 0.2) is 24.3 Å². The van der Waals surface area contributed by atoms with Crippen LogP contribution in [-0.4, -0.2) is 21.9 Å². The van der Waals surface area contributed by atoms with Crippen molar-refractivity contribution in [2.45, 2.75) is 16.8 Å². The average Bonchev–Trinajstić information content (AvgIpc) is 2.30. The van der Waals surface area contributed by atoms with Gasteiger partial charge in [-0.3, -0.25) is 10.1 Å². The van der Waals surface area contributed by atoms with E-state index in [0.717, 1.165) is 22.7 Å². The van der Waals surface area contributed by atoms with Gasteiger partial charge in [0.05, 0.1) is 4.92 Å². The molecule has 2 rings (SSSR count). The third kappa shape index (κ3) is 2.63. The van der Waals surface area contributed by atoms with Crippen LogP contribution in [0.5, 0.6) is 0 Å². The first-order valence-corrected chi connectivity index (χ1v) is 6.55. The Hall–Kier alpha value is -0.850. The minimum absolute atomic E-state index is 0.160. The maximum Gasteiger partial charge on any atom is 0.269 e. The zero-order valence-corrected chi connectivity index (χ0v) is 11.0. The van der Waals surface area contributed by atoms with E-state index in [1.54, 1.807) is 12.1 Å². The second-order valence-corrected chi connectivity index (χ2v) is 5.70. The van der Waals surface area contributed by atoms with Crippen LogP contribution >= 0.6 is 22.6 Å². The summed E-state index contributed by atoms with van der Waals surface area (Å²) in [5, 5.41) is 10.5. The molecule has 0 N–H and O–H groups in total. The van der Waals surface area contributed by atoms with Gasteiger partial charge in [-0.25, -0.2) is 0 Å². The SMILES string of the molecule is O=[N+]([O-])c1ccc(N2CCC(I)CC2)cc1. The number of hydrogen-bond donors (Lipinski definition) is 0. The van der Waals surface area contributed by atoms with Crippen LogP contribution in [0, 0.1) is 10.1 Å². The van der Waals surface area contributed by atoms with Crippen molar-refractivity contribution in [3.63, 3.8) is 0 Å². The first kappa shape index (κ1) is 11.6. The second-order valence-electron chi connectivity index (χ2n) is 3.94. The summed E-state index contributed by atoms with van der Waals surface area (Å²) in [6.07, 6.45) is 2.38. The molecule has 0 aliphatic carbocycles. The molecule has 4 nitrogen and oxygen atoms in total. The van der Waals surface area contributed by atoms with Crippen molar-refractivity contribution in [2.24, 2.45) is 0 Å². The number of anilines is 1. The lowest BCUT2D eigenvalue weighted by Crippen LogP contribution is -2.33. The van der Waals surface area contributed by atoms with Crippen molar-refractivity contribution >= 4 is 34.0 Å². The number of benzene rings is 1. The highest BCUT2D eigenvalue weighted by atomic mass is 127. The number of non-ortho nitro benzene ring substituents is 1. The molecule has 1 saturated heterocycles. The molecule has 86 valence electrons. The quantitative estimate of drug-likeness (QED) is 0.362. The fourth-order valence-electron chi connectivity index (χ4n) is 1.89. The minimum Gasteiger partial charge on any atom is -0.371 e. The molecule has 1 aromatic carbocycles. The van der Waals surface area contributed by atoms with E-state index in [1.165, 1.54) is 12.8 Å². The summed E-state index contributed by atoms with van der Waals surface area (Å²) in [6.45, 7) is 2.09. The van der Waals surface area contributed by atoms with Crippen molar-refractivity contribution in [2.75, 3.05) is 18.0 Å². The standard InChI is InChI=1S/C11H13IN2O2/c12-9-5-7-13(8-6-9)10-1-3-11(4-2-10)14(15)16/h1-4,9H,5-8H2. The summed E-state index contributed by atoms with van der Waals surface area (Å²) in [6, 6.07) is 6.83. The maximum atomic E-state index is 10.5. The molecule has 0 atom stereocenters. The van der Waals surface area contributed by atoms with Crippen LogP contribution < -0.4 is 4.90 Å². The first-order chi connectivity index (χ1) is 7.66. The molecule has 0 amide bonds. The van der Waals surface area contributed by atoms with Crippen molar-refractivity contribution in [3.8, 4) is 0 Å². The van der Waals surface area contributed by atoms with Gasteiger partial charge in [0, 0.05) is 34.8 Å². The van der Waals surface area contributed by atoms with E-state index in [9.17, 15) is 10.1 Å². The molecule has 16 heavy (non-hydrogen) atoms. The van der Waals surface area contributed by atoms with Gasteiger partial charge in [0.1, 0.15) is 0 Å². The summed E-state index contributed by atoms with van der Waals surface area (Å²) >= 11 is 2.48. The topological polar surface area (TPSA) is 46.4 Å². The Kier molecular flexibility index (Phi) is 3.63. The van der Waals surface area contributed by atoms with Crippen molar-refractivity contribution in [1.29, 1.82) is 0 Å². The smallest absolute Gasteiger partial charge is 0.269 e. The molecule has 0 aromatic heterocycles. The zero-order valence-electron chi connectivity index (χ0n) is 8.80. The molecule has 1 aromatic rings. The van der Waals surface area contributed by atoms with Crippen LogP contribution in [0.1, 0.15) is 12.8 Å². The van der Waals surface area contributed by atoms with Crippen LogP contribution in [0.4, 0.5) is 11.4 Å². The van der Waals surface area contributed by atoms with E-state index >= 15 is 0 Å². The monoisotopic (exact) mass is 332 g/mol. The second kappa shape index (κ2) is 4.99. The highest BCUT2D eigenvalue weighted by molar-refractivity contribution is 14.1. The Morgan fingerprint density at radius 1 is 1.25 bits per heavy atom. The molecule has 0 bridgehead atoms. The van der Waals surface area contributed by atoms with Crippen LogP contribution in [0.2, 0.25) is 0 Å². The molecule has 1 aliphatic heterocycles. The van der Waals surface area contributed by atoms with E-state index in [-0.39, 0.29) is 10.6 Å². The number of rotatable bonds is 2. The van der Waals surface area contributed by atoms with Crippen LogP contribution in [0.3, 0.4) is 0 Å². The van der Waals surface area contributed by atoms with Gasteiger partial charge in [0.25, 0.3) is 5.69 Å². The molecule has 0 saturated carbocycles. The summed E-state index contributed by atoms with van der Waals surface area (Å²) in [7, 11) is 0. The molecule has 1 fully saturated rings. The van der Waals surface area contributed by atoms with Gasteiger partial charge in [0.15, 0.2) is 0 Å². The maximum absolute atomic E-state index is 10.5. The first-order valence-electron chi connectivity index (χ1n) is 5.30. The van der Waals surface area contributed by atoms with Gasteiger partial charge in [0.2, 0.25) is 0 Å². The van der Waals surface area contributed by atoms with Gasteiger partial charge in [-0.15, -0.1) is 0 Å². The number of halogens is 1. The predicted octanol–water partition coefficient (Wildman–Crippen LogP) is 3.00. The molecular formula is C11H13IN2O2. The molecule has 1 heterocycles. The highest BCUT2D eigenvalue weighted by Gasteiger charge is 2.17. The molecule has 0 radical (unpaired) electrons. The third-order valence-corrected chi connectivity index (χ3v) is 4.10. The van der Waals surface area contributed by atoms with Gasteiger partial charge in [-0.1, -0.05) is 22.6 Å². The fourth-order valence-corrected chi connectivity index (χ4v) is 2.45. The van der Waals surface area contributed by atoms with E-state index in [4.69, 9.17) is 0 Å².